The summed E-state index contributed by atoms with van der Waals surface area (Å²) in [5.74, 6) is 0.708. The number of benzene rings is 5. The van der Waals surface area contributed by atoms with Gasteiger partial charge in [0.1, 0.15) is 11.4 Å². The first kappa shape index (κ1) is 29.1. The Morgan fingerprint density at radius 3 is 1.92 bits per heavy atom. The highest BCUT2D eigenvalue weighted by molar-refractivity contribution is 5.96. The van der Waals surface area contributed by atoms with Gasteiger partial charge in [0.25, 0.3) is 0 Å². The number of hydrogen-bond donors (Lipinski definition) is 1. The van der Waals surface area contributed by atoms with Gasteiger partial charge in [-0.3, -0.25) is 4.98 Å². The molecule has 0 aliphatic rings. The molecule has 5 nitrogen and oxygen atoms in total. The number of hydrogen-bond acceptors (Lipinski definition) is 4. The van der Waals surface area contributed by atoms with Crippen molar-refractivity contribution < 1.29 is 5.11 Å². The second-order valence-corrected chi connectivity index (χ2v) is 12.0. The summed E-state index contributed by atoms with van der Waals surface area (Å²) < 4.78 is 1.99. The molecule has 0 aliphatic carbocycles. The summed E-state index contributed by atoms with van der Waals surface area (Å²) in [6, 6.07) is 48.0. The second-order valence-electron chi connectivity index (χ2n) is 12.0. The Morgan fingerprint density at radius 2 is 1.19 bits per heavy atom. The Hall–Kier alpha value is -6.33. The van der Waals surface area contributed by atoms with Crippen LogP contribution in [-0.2, 0) is 7.05 Å². The van der Waals surface area contributed by atoms with Crippen molar-refractivity contribution in [3.63, 3.8) is 0 Å². The van der Waals surface area contributed by atoms with E-state index in [-0.39, 0.29) is 5.75 Å². The lowest BCUT2D eigenvalue weighted by molar-refractivity contribution is 0.474. The maximum absolute atomic E-state index is 10.6. The molecule has 1 N–H and O–H groups in total. The normalized spacial score (nSPS) is 11.2. The predicted octanol–water partition coefficient (Wildman–Crippen LogP) is 10.4. The Morgan fingerprint density at radius 1 is 0.542 bits per heavy atom. The van der Waals surface area contributed by atoms with Crippen LogP contribution in [0.15, 0.2) is 152 Å². The highest BCUT2D eigenvalue weighted by atomic mass is 16.3. The van der Waals surface area contributed by atoms with Gasteiger partial charge in [0.15, 0.2) is 5.82 Å². The summed E-state index contributed by atoms with van der Waals surface area (Å²) >= 11 is 0. The fourth-order valence-electron chi connectivity index (χ4n) is 6.42. The quantitative estimate of drug-likeness (QED) is 0.201. The average Bonchev–Trinajstić information content (AvgIpc) is 3.48. The minimum atomic E-state index is 0.0989. The van der Waals surface area contributed by atoms with Crippen LogP contribution in [0.1, 0.15) is 5.56 Å². The van der Waals surface area contributed by atoms with Crippen LogP contribution in [0.2, 0.25) is 0 Å². The van der Waals surface area contributed by atoms with Crippen molar-refractivity contribution in [3.05, 3.63) is 157 Å². The molecule has 5 aromatic carbocycles. The standard InChI is InChI=1S/C43H32N4O/c1-28-27-45-38(26-37(28)32-20-18-31(19-21-32)29-11-5-3-6-12-29)35-24-33(30-13-7-4-8-14-30)23-34(25-35)36-15-9-16-39-41(36)46-43(47(39)2)42-40(48)17-10-22-44-42/h3-27,48H,1-2H3. The van der Waals surface area contributed by atoms with Crippen LogP contribution in [0.4, 0.5) is 0 Å². The van der Waals surface area contributed by atoms with Crippen molar-refractivity contribution in [2.45, 2.75) is 6.92 Å². The molecule has 48 heavy (non-hydrogen) atoms. The van der Waals surface area contributed by atoms with Crippen molar-refractivity contribution in [2.75, 3.05) is 0 Å². The molecule has 0 amide bonds. The van der Waals surface area contributed by atoms with Gasteiger partial charge in [-0.05, 0) is 93.9 Å². The monoisotopic (exact) mass is 620 g/mol. The topological polar surface area (TPSA) is 63.8 Å². The van der Waals surface area contributed by atoms with Crippen LogP contribution in [0.5, 0.6) is 5.75 Å². The van der Waals surface area contributed by atoms with Gasteiger partial charge in [-0.2, -0.15) is 0 Å². The first-order valence-electron chi connectivity index (χ1n) is 16.0. The molecule has 3 heterocycles. The Bertz CT molecular complexity index is 2410. The summed E-state index contributed by atoms with van der Waals surface area (Å²) in [5.41, 5.74) is 14.2. The highest BCUT2D eigenvalue weighted by Gasteiger charge is 2.18. The molecule has 0 saturated heterocycles. The van der Waals surface area contributed by atoms with Gasteiger partial charge in [0.2, 0.25) is 0 Å². The minimum absolute atomic E-state index is 0.0989. The zero-order chi connectivity index (χ0) is 32.6. The summed E-state index contributed by atoms with van der Waals surface area (Å²) in [6.07, 6.45) is 3.64. The molecule has 0 fully saturated rings. The van der Waals surface area contributed by atoms with Crippen molar-refractivity contribution in [2.24, 2.45) is 7.05 Å². The molecule has 3 aromatic heterocycles. The molecule has 0 radical (unpaired) electrons. The van der Waals surface area contributed by atoms with Gasteiger partial charge in [-0.15, -0.1) is 0 Å². The van der Waals surface area contributed by atoms with E-state index < -0.39 is 0 Å². The zero-order valence-corrected chi connectivity index (χ0v) is 26.7. The van der Waals surface area contributed by atoms with Gasteiger partial charge in [-0.25, -0.2) is 9.97 Å². The summed E-state index contributed by atoms with van der Waals surface area (Å²) in [6.45, 7) is 2.11. The van der Waals surface area contributed by atoms with Crippen LogP contribution in [0.25, 0.3) is 78.3 Å². The summed E-state index contributed by atoms with van der Waals surface area (Å²) in [4.78, 5) is 14.4. The number of fused-ring (bicyclic) bond motifs is 1. The number of aromatic nitrogens is 4. The van der Waals surface area contributed by atoms with Crippen LogP contribution in [-0.4, -0.2) is 24.6 Å². The summed E-state index contributed by atoms with van der Waals surface area (Å²) in [7, 11) is 1.96. The van der Waals surface area contributed by atoms with E-state index in [0.29, 0.717) is 11.5 Å². The van der Waals surface area contributed by atoms with Gasteiger partial charge in [0, 0.05) is 30.6 Å². The average molecular weight is 621 g/mol. The SMILES string of the molecule is Cc1cnc(-c2cc(-c3ccccc3)cc(-c3cccc4c3nc(-c3ncccc3O)n4C)c2)cc1-c1ccc(-c2ccccc2)cc1. The van der Waals surface area contributed by atoms with Crippen LogP contribution >= 0.6 is 0 Å². The molecular formula is C43H32N4O. The number of imidazole rings is 1. The lowest BCUT2D eigenvalue weighted by Gasteiger charge is -2.13. The lowest BCUT2D eigenvalue weighted by Crippen LogP contribution is -1.94. The van der Waals surface area contributed by atoms with Crippen molar-refractivity contribution in [1.29, 1.82) is 0 Å². The van der Waals surface area contributed by atoms with Crippen LogP contribution in [0.3, 0.4) is 0 Å². The van der Waals surface area contributed by atoms with E-state index in [2.05, 4.69) is 121 Å². The number of para-hydroxylation sites is 1. The summed E-state index contributed by atoms with van der Waals surface area (Å²) in [5, 5.41) is 10.6. The maximum atomic E-state index is 10.6. The fraction of sp³-hybridized carbons (Fsp3) is 0.0465. The molecule has 5 heteroatoms. The smallest absolute Gasteiger partial charge is 0.163 e. The molecule has 0 saturated carbocycles. The first-order valence-corrected chi connectivity index (χ1v) is 16.0. The van der Waals surface area contributed by atoms with E-state index in [1.54, 1.807) is 18.3 Å². The lowest BCUT2D eigenvalue weighted by atomic mass is 9.93. The van der Waals surface area contributed by atoms with Crippen molar-refractivity contribution >= 4 is 11.0 Å². The molecule has 0 bridgehead atoms. The molecule has 0 unspecified atom stereocenters. The molecular weight excluding hydrogens is 589 g/mol. The number of rotatable bonds is 6. The Labute approximate surface area is 279 Å². The number of aromatic hydroxyl groups is 1. The van der Waals surface area contributed by atoms with E-state index in [1.165, 1.54) is 11.1 Å². The van der Waals surface area contributed by atoms with E-state index >= 15 is 0 Å². The molecule has 0 aliphatic heterocycles. The van der Waals surface area contributed by atoms with Crippen LogP contribution < -0.4 is 0 Å². The zero-order valence-electron chi connectivity index (χ0n) is 26.7. The largest absolute Gasteiger partial charge is 0.506 e. The minimum Gasteiger partial charge on any atom is -0.506 e. The molecule has 8 rings (SSSR count). The Kier molecular flexibility index (Phi) is 7.35. The first-order chi connectivity index (χ1) is 23.5. The van der Waals surface area contributed by atoms with Gasteiger partial charge in [0.05, 0.1) is 16.7 Å². The molecule has 8 aromatic rings. The number of nitrogens with zero attached hydrogens (tertiary/aromatic N) is 4. The predicted molar refractivity (Wildman–Crippen MR) is 195 cm³/mol. The Balaban J connectivity index is 1.27. The van der Waals surface area contributed by atoms with Crippen molar-refractivity contribution in [1.82, 2.24) is 19.5 Å². The van der Waals surface area contributed by atoms with Gasteiger partial charge < -0.3 is 9.67 Å². The third-order valence-electron chi connectivity index (χ3n) is 8.96. The fourth-order valence-corrected chi connectivity index (χ4v) is 6.42. The highest BCUT2D eigenvalue weighted by Crippen LogP contribution is 2.38. The number of pyridine rings is 2. The van der Waals surface area contributed by atoms with E-state index in [9.17, 15) is 5.11 Å². The van der Waals surface area contributed by atoms with Gasteiger partial charge in [-0.1, -0.05) is 97.1 Å². The maximum Gasteiger partial charge on any atom is 0.163 e. The molecule has 0 spiro atoms. The third kappa shape index (κ3) is 5.31. The van der Waals surface area contributed by atoms with Gasteiger partial charge >= 0.3 is 0 Å². The molecule has 0 atom stereocenters. The molecule has 230 valence electrons. The van der Waals surface area contributed by atoms with E-state index in [4.69, 9.17) is 9.97 Å². The third-order valence-corrected chi connectivity index (χ3v) is 8.96. The number of aryl methyl sites for hydroxylation is 2. The van der Waals surface area contributed by atoms with Crippen molar-refractivity contribution in [3.8, 4) is 73.0 Å². The van der Waals surface area contributed by atoms with E-state index in [0.717, 1.165) is 61.2 Å². The second kappa shape index (κ2) is 12.1. The van der Waals surface area contributed by atoms with Crippen LogP contribution in [0, 0.1) is 6.92 Å². The van der Waals surface area contributed by atoms with E-state index in [1.807, 2.05) is 36.0 Å².